The summed E-state index contributed by atoms with van der Waals surface area (Å²) >= 11 is 3.50. The molecule has 166 valence electrons. The van der Waals surface area contributed by atoms with Crippen molar-refractivity contribution in [3.63, 3.8) is 0 Å². The molecule has 3 rings (SSSR count). The second-order valence-electron chi connectivity index (χ2n) is 8.49. The van der Waals surface area contributed by atoms with E-state index >= 15 is 0 Å². The van der Waals surface area contributed by atoms with Crippen molar-refractivity contribution in [1.29, 1.82) is 0 Å². The Bertz CT molecular complexity index is 957. The van der Waals surface area contributed by atoms with E-state index in [2.05, 4.69) is 44.7 Å². The van der Waals surface area contributed by atoms with Crippen LogP contribution in [0.4, 0.5) is 0 Å². The van der Waals surface area contributed by atoms with Gasteiger partial charge in [0.15, 0.2) is 0 Å². The summed E-state index contributed by atoms with van der Waals surface area (Å²) in [5.74, 6) is 7.22. The highest BCUT2D eigenvalue weighted by Gasteiger charge is 2.34. The summed E-state index contributed by atoms with van der Waals surface area (Å²) in [6.07, 6.45) is 9.75. The number of rotatable bonds is 9. The molecule has 0 spiro atoms. The van der Waals surface area contributed by atoms with Gasteiger partial charge in [0, 0.05) is 15.3 Å². The molecule has 0 atom stereocenters. The number of fused-ring (bicyclic) bond motifs is 1. The van der Waals surface area contributed by atoms with Gasteiger partial charge in [-0.05, 0) is 78.7 Å². The zero-order chi connectivity index (χ0) is 22.3. The highest BCUT2D eigenvalue weighted by Crippen LogP contribution is 2.47. The van der Waals surface area contributed by atoms with E-state index in [1.165, 1.54) is 78.1 Å². The van der Waals surface area contributed by atoms with E-state index in [9.17, 15) is 4.79 Å². The summed E-state index contributed by atoms with van der Waals surface area (Å²) in [6.45, 7) is 6.90. The molecular weight excluding hydrogens is 420 g/mol. The van der Waals surface area contributed by atoms with Crippen molar-refractivity contribution in [3.8, 4) is 11.8 Å². The molecule has 0 radical (unpaired) electrons. The summed E-state index contributed by atoms with van der Waals surface area (Å²) < 4.78 is 0. The van der Waals surface area contributed by atoms with Gasteiger partial charge in [0.2, 0.25) is 0 Å². The van der Waals surface area contributed by atoms with Crippen molar-refractivity contribution >= 4 is 29.1 Å². The van der Waals surface area contributed by atoms with Crippen LogP contribution in [0.3, 0.4) is 0 Å². The van der Waals surface area contributed by atoms with Crippen LogP contribution in [0.25, 0.3) is 0 Å². The molecule has 1 aliphatic heterocycles. The van der Waals surface area contributed by atoms with Crippen molar-refractivity contribution in [2.24, 2.45) is 0 Å². The summed E-state index contributed by atoms with van der Waals surface area (Å²) in [7, 11) is 0. The van der Waals surface area contributed by atoms with Crippen molar-refractivity contribution < 1.29 is 9.90 Å². The average molecular weight is 455 g/mol. The largest absolute Gasteiger partial charge is 0.481 e. The van der Waals surface area contributed by atoms with Crippen LogP contribution in [0, 0.1) is 11.8 Å². The Morgan fingerprint density at radius 1 is 1.10 bits per heavy atom. The number of aryl methyl sites for hydroxylation is 1. The molecule has 0 saturated heterocycles. The van der Waals surface area contributed by atoms with Crippen LogP contribution in [0.1, 0.15) is 92.2 Å². The number of carboxylic acid groups (broad SMARTS) is 1. The number of aliphatic carboxylic acids is 1. The quantitative estimate of drug-likeness (QED) is 0.316. The SMILES string of the molecule is CCCCCCc1cc2c(cc1C#Cc1ccc(CC(=O)O)s1)C(CC)(CC)CCS2. The lowest BCUT2D eigenvalue weighted by Gasteiger charge is -2.38. The van der Waals surface area contributed by atoms with E-state index in [0.29, 0.717) is 0 Å². The lowest BCUT2D eigenvalue weighted by atomic mass is 9.72. The summed E-state index contributed by atoms with van der Waals surface area (Å²) in [4.78, 5) is 14.2. The standard InChI is InChI=1S/C27H34O2S2/c1-4-7-8-9-10-20-18-25-24(27(5-2,6-3)15-16-30-25)17-21(20)11-12-22-13-14-23(31-22)19-26(28)29/h13-14,17-18H,4-10,15-16,19H2,1-3H3,(H,28,29). The fraction of sp³-hybridized carbons (Fsp3) is 0.519. The van der Waals surface area contributed by atoms with Crippen LogP contribution >= 0.6 is 23.1 Å². The van der Waals surface area contributed by atoms with Gasteiger partial charge in [0.1, 0.15) is 0 Å². The lowest BCUT2D eigenvalue weighted by Crippen LogP contribution is -2.29. The number of carboxylic acids is 1. The number of thiophene rings is 1. The zero-order valence-corrected chi connectivity index (χ0v) is 20.7. The Balaban J connectivity index is 1.96. The molecule has 2 heterocycles. The van der Waals surface area contributed by atoms with Crippen LogP contribution in [0.2, 0.25) is 0 Å². The monoisotopic (exact) mass is 454 g/mol. The number of thioether (sulfide) groups is 1. The molecule has 4 heteroatoms. The molecule has 2 aromatic rings. The molecule has 0 bridgehead atoms. The van der Waals surface area contributed by atoms with Gasteiger partial charge in [0.05, 0.1) is 11.3 Å². The Morgan fingerprint density at radius 2 is 1.90 bits per heavy atom. The van der Waals surface area contributed by atoms with E-state index in [1.807, 2.05) is 23.9 Å². The Kier molecular flexibility index (Phi) is 8.69. The first-order chi connectivity index (χ1) is 15.0. The van der Waals surface area contributed by atoms with Gasteiger partial charge in [-0.1, -0.05) is 51.9 Å². The Hall–Kier alpha value is -1.70. The van der Waals surface area contributed by atoms with Crippen molar-refractivity contribution in [3.05, 3.63) is 50.7 Å². The zero-order valence-electron chi connectivity index (χ0n) is 19.1. The normalized spacial score (nSPS) is 14.5. The number of hydrogen-bond donors (Lipinski definition) is 1. The molecule has 1 aliphatic rings. The van der Waals surface area contributed by atoms with Crippen LogP contribution in [0.5, 0.6) is 0 Å². The maximum absolute atomic E-state index is 11.0. The van der Waals surface area contributed by atoms with Crippen LogP contribution in [0.15, 0.2) is 29.2 Å². The fourth-order valence-corrected chi connectivity index (χ4v) is 6.74. The molecule has 31 heavy (non-hydrogen) atoms. The maximum atomic E-state index is 11.0. The second-order valence-corrected chi connectivity index (χ2v) is 10.8. The molecule has 0 aliphatic carbocycles. The Labute approximate surface area is 195 Å². The number of benzene rings is 1. The topological polar surface area (TPSA) is 37.3 Å². The maximum Gasteiger partial charge on any atom is 0.308 e. The fourth-order valence-electron chi connectivity index (χ4n) is 4.51. The summed E-state index contributed by atoms with van der Waals surface area (Å²) in [5.41, 5.74) is 4.31. The molecule has 2 nitrogen and oxygen atoms in total. The average Bonchev–Trinajstić information content (AvgIpc) is 3.21. The summed E-state index contributed by atoms with van der Waals surface area (Å²) in [5, 5.41) is 9.02. The molecule has 0 amide bonds. The van der Waals surface area contributed by atoms with Gasteiger partial charge >= 0.3 is 5.97 Å². The first-order valence-corrected chi connectivity index (χ1v) is 13.4. The first-order valence-electron chi connectivity index (χ1n) is 11.6. The van der Waals surface area contributed by atoms with E-state index in [1.54, 1.807) is 0 Å². The molecule has 1 N–H and O–H groups in total. The summed E-state index contributed by atoms with van der Waals surface area (Å²) in [6, 6.07) is 8.66. The predicted molar refractivity (Wildman–Crippen MR) is 134 cm³/mol. The number of unbranched alkanes of at least 4 members (excludes halogenated alkanes) is 3. The van der Waals surface area contributed by atoms with Crippen LogP contribution in [-0.4, -0.2) is 16.8 Å². The van der Waals surface area contributed by atoms with E-state index in [4.69, 9.17) is 5.11 Å². The highest BCUT2D eigenvalue weighted by molar-refractivity contribution is 7.99. The Morgan fingerprint density at radius 3 is 2.61 bits per heavy atom. The van der Waals surface area contributed by atoms with Crippen molar-refractivity contribution in [2.75, 3.05) is 5.75 Å². The smallest absolute Gasteiger partial charge is 0.308 e. The minimum atomic E-state index is -0.793. The van der Waals surface area contributed by atoms with E-state index in [-0.39, 0.29) is 11.8 Å². The highest BCUT2D eigenvalue weighted by atomic mass is 32.2. The third-order valence-corrected chi connectivity index (χ3v) is 8.63. The third-order valence-electron chi connectivity index (χ3n) is 6.58. The van der Waals surface area contributed by atoms with Crippen LogP contribution < -0.4 is 0 Å². The number of carbonyl (C=O) groups is 1. The van der Waals surface area contributed by atoms with Gasteiger partial charge in [-0.3, -0.25) is 4.79 Å². The molecule has 1 aromatic heterocycles. The van der Waals surface area contributed by atoms with Gasteiger partial charge in [0.25, 0.3) is 0 Å². The minimum Gasteiger partial charge on any atom is -0.481 e. The molecule has 1 aromatic carbocycles. The van der Waals surface area contributed by atoms with Gasteiger partial charge in [-0.25, -0.2) is 0 Å². The van der Waals surface area contributed by atoms with Crippen LogP contribution in [-0.2, 0) is 23.1 Å². The second kappa shape index (κ2) is 11.2. The third kappa shape index (κ3) is 5.96. The van der Waals surface area contributed by atoms with Gasteiger partial charge in [-0.2, -0.15) is 0 Å². The lowest BCUT2D eigenvalue weighted by molar-refractivity contribution is -0.136. The van der Waals surface area contributed by atoms with E-state index < -0.39 is 5.97 Å². The number of hydrogen-bond acceptors (Lipinski definition) is 3. The van der Waals surface area contributed by atoms with Crippen molar-refractivity contribution in [1.82, 2.24) is 0 Å². The van der Waals surface area contributed by atoms with Crippen molar-refractivity contribution in [2.45, 2.75) is 88.9 Å². The van der Waals surface area contributed by atoms with E-state index in [0.717, 1.165) is 21.7 Å². The first kappa shape index (κ1) is 24.0. The molecule has 0 unspecified atom stereocenters. The molecular formula is C27H34O2S2. The van der Waals surface area contributed by atoms with Gasteiger partial charge in [-0.15, -0.1) is 23.1 Å². The molecule has 0 fully saturated rings. The molecule has 0 saturated carbocycles. The predicted octanol–water partition coefficient (Wildman–Crippen LogP) is 7.45. The van der Waals surface area contributed by atoms with Gasteiger partial charge < -0.3 is 5.11 Å². The minimum absolute atomic E-state index is 0.0701.